The van der Waals surface area contributed by atoms with E-state index in [4.69, 9.17) is 4.74 Å². The van der Waals surface area contributed by atoms with E-state index < -0.39 is 17.7 Å². The maximum absolute atomic E-state index is 13.0. The number of ether oxygens (including phenoxy) is 1. The summed E-state index contributed by atoms with van der Waals surface area (Å²) in [5.74, 6) is 0.506. The predicted octanol–water partition coefficient (Wildman–Crippen LogP) is 0.615. The molecule has 1 saturated carbocycles. The second-order valence-electron chi connectivity index (χ2n) is 7.92. The molecule has 0 aromatic carbocycles. The van der Waals surface area contributed by atoms with Crippen LogP contribution in [0.4, 0.5) is 0 Å². The SMILES string of the molecule is COC12C[C@H]3C(=O)N[C@H](C(C)C)C(=O)N3C1NC1CCCCC12. The molecule has 2 N–H and O–H groups in total. The zero-order valence-corrected chi connectivity index (χ0v) is 14.2. The minimum absolute atomic E-state index is 0.0247. The fourth-order valence-corrected chi connectivity index (χ4v) is 5.39. The number of nitrogens with zero attached hydrogens (tertiary/aromatic N) is 1. The summed E-state index contributed by atoms with van der Waals surface area (Å²) in [5.41, 5.74) is -0.408. The molecule has 0 aromatic rings. The van der Waals surface area contributed by atoms with Crippen molar-refractivity contribution in [3.8, 4) is 0 Å². The Kier molecular flexibility index (Phi) is 3.47. The Bertz CT molecular complexity index is 537. The second kappa shape index (κ2) is 5.18. The highest BCUT2D eigenvalue weighted by Crippen LogP contribution is 2.51. The van der Waals surface area contributed by atoms with Crippen molar-refractivity contribution in [3.63, 3.8) is 0 Å². The number of fused-ring (bicyclic) bond motifs is 5. The van der Waals surface area contributed by atoms with E-state index in [-0.39, 0.29) is 23.9 Å². The molecule has 3 heterocycles. The molecule has 4 aliphatic rings. The Morgan fingerprint density at radius 2 is 2.00 bits per heavy atom. The highest BCUT2D eigenvalue weighted by molar-refractivity contribution is 5.98. The fourth-order valence-electron chi connectivity index (χ4n) is 5.39. The molecule has 4 rings (SSSR count). The summed E-state index contributed by atoms with van der Waals surface area (Å²) in [6.07, 6.45) is 5.15. The highest BCUT2D eigenvalue weighted by atomic mass is 16.5. The third kappa shape index (κ3) is 1.94. The first-order valence-electron chi connectivity index (χ1n) is 8.93. The molecule has 6 heteroatoms. The van der Waals surface area contributed by atoms with E-state index in [0.717, 1.165) is 12.8 Å². The van der Waals surface area contributed by atoms with Crippen molar-refractivity contribution in [2.24, 2.45) is 11.8 Å². The summed E-state index contributed by atoms with van der Waals surface area (Å²) in [6.45, 7) is 3.95. The second-order valence-corrected chi connectivity index (χ2v) is 7.92. The van der Waals surface area contributed by atoms with Crippen LogP contribution in [0.3, 0.4) is 0 Å². The van der Waals surface area contributed by atoms with Crippen LogP contribution in [-0.2, 0) is 14.3 Å². The molecule has 2 amide bonds. The summed E-state index contributed by atoms with van der Waals surface area (Å²) in [5, 5.41) is 6.58. The number of carbonyl (C=O) groups excluding carboxylic acids is 2. The minimum atomic E-state index is -0.421. The van der Waals surface area contributed by atoms with Gasteiger partial charge in [0.25, 0.3) is 0 Å². The minimum Gasteiger partial charge on any atom is -0.374 e. The molecule has 4 fully saturated rings. The van der Waals surface area contributed by atoms with Gasteiger partial charge in [-0.05, 0) is 18.8 Å². The summed E-state index contributed by atoms with van der Waals surface area (Å²) in [7, 11) is 1.74. The van der Waals surface area contributed by atoms with Crippen molar-refractivity contribution >= 4 is 11.8 Å². The maximum atomic E-state index is 13.0. The average molecular weight is 321 g/mol. The number of amides is 2. The number of hydrogen-bond donors (Lipinski definition) is 2. The zero-order chi connectivity index (χ0) is 16.4. The highest BCUT2D eigenvalue weighted by Gasteiger charge is 2.67. The molecule has 6 atom stereocenters. The standard InChI is InChI=1S/C17H27N3O3/c1-9(2)13-15(22)20-12(14(21)19-13)8-17(23-3)10-6-4-5-7-11(10)18-16(17)20/h9-13,16,18H,4-8H2,1-3H3,(H,19,21)/t10?,11?,12-,13+,16?,17?/m0/s1. The predicted molar refractivity (Wildman–Crippen MR) is 84.4 cm³/mol. The van der Waals surface area contributed by atoms with Crippen LogP contribution < -0.4 is 10.6 Å². The molecule has 6 nitrogen and oxygen atoms in total. The van der Waals surface area contributed by atoms with E-state index in [2.05, 4.69) is 10.6 Å². The lowest BCUT2D eigenvalue weighted by molar-refractivity contribution is -0.151. The lowest BCUT2D eigenvalue weighted by atomic mass is 9.75. The lowest BCUT2D eigenvalue weighted by Crippen LogP contribution is -2.66. The molecule has 128 valence electrons. The number of hydrogen-bond acceptors (Lipinski definition) is 4. The summed E-state index contributed by atoms with van der Waals surface area (Å²) < 4.78 is 6.04. The number of methoxy groups -OCH3 is 1. The first kappa shape index (κ1) is 15.4. The molecule has 4 unspecified atom stereocenters. The number of carbonyl (C=O) groups is 2. The lowest BCUT2D eigenvalue weighted by Gasteiger charge is -2.39. The van der Waals surface area contributed by atoms with Gasteiger partial charge in [0.1, 0.15) is 23.9 Å². The Morgan fingerprint density at radius 1 is 1.26 bits per heavy atom. The van der Waals surface area contributed by atoms with Crippen LogP contribution in [0.25, 0.3) is 0 Å². The quantitative estimate of drug-likeness (QED) is 0.782. The maximum Gasteiger partial charge on any atom is 0.247 e. The van der Waals surface area contributed by atoms with E-state index in [1.54, 1.807) is 7.11 Å². The van der Waals surface area contributed by atoms with Crippen molar-refractivity contribution in [2.45, 2.75) is 75.8 Å². The Hall–Kier alpha value is -1.14. The molecule has 3 saturated heterocycles. The van der Waals surface area contributed by atoms with Gasteiger partial charge in [0.15, 0.2) is 0 Å². The first-order chi connectivity index (χ1) is 11.0. The van der Waals surface area contributed by atoms with E-state index >= 15 is 0 Å². The number of rotatable bonds is 2. The van der Waals surface area contributed by atoms with Crippen LogP contribution in [0.1, 0.15) is 46.0 Å². The van der Waals surface area contributed by atoms with Crippen LogP contribution in [0.2, 0.25) is 0 Å². The van der Waals surface area contributed by atoms with Crippen LogP contribution >= 0.6 is 0 Å². The Labute approximate surface area is 137 Å². The van der Waals surface area contributed by atoms with Gasteiger partial charge in [-0.2, -0.15) is 0 Å². The molecule has 1 aliphatic carbocycles. The van der Waals surface area contributed by atoms with Crippen molar-refractivity contribution in [3.05, 3.63) is 0 Å². The molecule has 3 aliphatic heterocycles. The van der Waals surface area contributed by atoms with Crippen LogP contribution in [0.5, 0.6) is 0 Å². The van der Waals surface area contributed by atoms with E-state index in [1.807, 2.05) is 18.7 Å². The Balaban J connectivity index is 1.71. The fraction of sp³-hybridized carbons (Fsp3) is 0.882. The number of piperazine rings is 1. The van der Waals surface area contributed by atoms with Gasteiger partial charge in [-0.15, -0.1) is 0 Å². The van der Waals surface area contributed by atoms with Crippen LogP contribution in [-0.4, -0.2) is 53.7 Å². The average Bonchev–Trinajstić information content (AvgIpc) is 3.02. The van der Waals surface area contributed by atoms with Gasteiger partial charge in [-0.25, -0.2) is 0 Å². The third-order valence-corrected chi connectivity index (χ3v) is 6.52. The van der Waals surface area contributed by atoms with Crippen molar-refractivity contribution < 1.29 is 14.3 Å². The van der Waals surface area contributed by atoms with E-state index in [0.29, 0.717) is 18.4 Å². The van der Waals surface area contributed by atoms with Gasteiger partial charge in [0.05, 0.1) is 0 Å². The Morgan fingerprint density at radius 3 is 2.70 bits per heavy atom. The van der Waals surface area contributed by atoms with Gasteiger partial charge < -0.3 is 15.0 Å². The van der Waals surface area contributed by atoms with Crippen molar-refractivity contribution in [1.29, 1.82) is 0 Å². The molecular formula is C17H27N3O3. The third-order valence-electron chi connectivity index (χ3n) is 6.52. The van der Waals surface area contributed by atoms with Crippen LogP contribution in [0.15, 0.2) is 0 Å². The van der Waals surface area contributed by atoms with E-state index in [9.17, 15) is 9.59 Å². The van der Waals surface area contributed by atoms with Gasteiger partial charge >= 0.3 is 0 Å². The topological polar surface area (TPSA) is 70.7 Å². The largest absolute Gasteiger partial charge is 0.374 e. The normalized spacial score (nSPS) is 45.7. The molecule has 0 aromatic heterocycles. The smallest absolute Gasteiger partial charge is 0.247 e. The molecule has 0 radical (unpaired) electrons. The van der Waals surface area contributed by atoms with Gasteiger partial charge in [-0.3, -0.25) is 14.9 Å². The van der Waals surface area contributed by atoms with Crippen molar-refractivity contribution in [1.82, 2.24) is 15.5 Å². The molecule has 0 spiro atoms. The van der Waals surface area contributed by atoms with E-state index in [1.165, 1.54) is 12.8 Å². The van der Waals surface area contributed by atoms with Gasteiger partial charge in [0, 0.05) is 25.5 Å². The summed E-state index contributed by atoms with van der Waals surface area (Å²) >= 11 is 0. The van der Waals surface area contributed by atoms with Gasteiger partial charge in [-0.1, -0.05) is 26.7 Å². The van der Waals surface area contributed by atoms with Crippen LogP contribution in [0, 0.1) is 11.8 Å². The summed E-state index contributed by atoms with van der Waals surface area (Å²) in [4.78, 5) is 27.4. The van der Waals surface area contributed by atoms with Gasteiger partial charge in [0.2, 0.25) is 11.8 Å². The molecular weight excluding hydrogens is 294 g/mol. The number of nitrogens with one attached hydrogen (secondary N) is 2. The molecule has 0 bridgehead atoms. The first-order valence-corrected chi connectivity index (χ1v) is 8.93. The molecule has 23 heavy (non-hydrogen) atoms. The summed E-state index contributed by atoms with van der Waals surface area (Å²) in [6, 6.07) is -0.404. The zero-order valence-electron chi connectivity index (χ0n) is 14.2. The monoisotopic (exact) mass is 321 g/mol. The van der Waals surface area contributed by atoms with Crippen molar-refractivity contribution in [2.75, 3.05) is 7.11 Å².